The Morgan fingerprint density at radius 1 is 0.756 bits per heavy atom. The van der Waals surface area contributed by atoms with Gasteiger partial charge >= 0.3 is 0 Å². The summed E-state index contributed by atoms with van der Waals surface area (Å²) in [4.78, 5) is 29.7. The predicted molar refractivity (Wildman–Crippen MR) is 181 cm³/mol. The van der Waals surface area contributed by atoms with Crippen molar-refractivity contribution in [3.8, 4) is 0 Å². The molecule has 4 aromatic rings. The normalized spacial score (nSPS) is 12.0. The van der Waals surface area contributed by atoms with Crippen molar-refractivity contribution in [2.24, 2.45) is 5.92 Å². The molecular formula is C34H34Cl3N3O4S. The molecule has 0 spiro atoms. The molecule has 0 fully saturated rings. The van der Waals surface area contributed by atoms with Crippen molar-refractivity contribution in [3.63, 3.8) is 0 Å². The van der Waals surface area contributed by atoms with E-state index in [-0.39, 0.29) is 45.4 Å². The van der Waals surface area contributed by atoms with Crippen LogP contribution in [0, 0.1) is 5.92 Å². The number of para-hydroxylation sites is 1. The van der Waals surface area contributed by atoms with Crippen LogP contribution in [0.15, 0.2) is 108 Å². The van der Waals surface area contributed by atoms with Crippen molar-refractivity contribution in [2.45, 2.75) is 37.8 Å². The molecule has 2 amide bonds. The molecule has 0 saturated carbocycles. The monoisotopic (exact) mass is 685 g/mol. The van der Waals surface area contributed by atoms with Crippen LogP contribution < -0.4 is 9.62 Å². The van der Waals surface area contributed by atoms with Gasteiger partial charge in [-0.3, -0.25) is 13.9 Å². The number of carbonyl (C=O) groups is 2. The summed E-state index contributed by atoms with van der Waals surface area (Å²) in [5.41, 5.74) is 1.58. The summed E-state index contributed by atoms with van der Waals surface area (Å²) in [6.07, 6.45) is 0.190. The summed E-state index contributed by atoms with van der Waals surface area (Å²) < 4.78 is 29.1. The van der Waals surface area contributed by atoms with Gasteiger partial charge in [0.25, 0.3) is 10.0 Å². The standard InChI is InChI=1S/C34H34Cl3N3O4S/c1-24(2)21-38-34(42)32(20-25-11-5-3-6-12-25)39(22-26-17-18-28(35)30(37)19-26)33(41)23-40(31-16-10-9-15-29(31)36)45(43,44)27-13-7-4-8-14-27/h3-19,24,32H,20-23H2,1-2H3,(H,38,42)/t32-/m1/s1. The first-order valence-corrected chi connectivity index (χ1v) is 16.9. The molecular weight excluding hydrogens is 653 g/mol. The highest BCUT2D eigenvalue weighted by atomic mass is 35.5. The third kappa shape index (κ3) is 9.01. The molecule has 0 saturated heterocycles. The number of rotatable bonds is 13. The van der Waals surface area contributed by atoms with E-state index in [0.29, 0.717) is 17.1 Å². The minimum absolute atomic E-state index is 0.00994. The lowest BCUT2D eigenvalue weighted by Crippen LogP contribution is -2.53. The van der Waals surface area contributed by atoms with E-state index in [2.05, 4.69) is 5.32 Å². The number of halogens is 3. The van der Waals surface area contributed by atoms with E-state index in [0.717, 1.165) is 9.87 Å². The highest BCUT2D eigenvalue weighted by Gasteiger charge is 2.35. The second kappa shape index (κ2) is 15.6. The number of hydrogen-bond donors (Lipinski definition) is 1. The molecule has 11 heteroatoms. The van der Waals surface area contributed by atoms with Crippen molar-refractivity contribution < 1.29 is 18.0 Å². The van der Waals surface area contributed by atoms with Crippen LogP contribution in [-0.2, 0) is 32.6 Å². The van der Waals surface area contributed by atoms with Crippen LogP contribution in [0.2, 0.25) is 15.1 Å². The molecule has 0 heterocycles. The molecule has 0 unspecified atom stereocenters. The second-order valence-corrected chi connectivity index (χ2v) is 14.0. The predicted octanol–water partition coefficient (Wildman–Crippen LogP) is 7.25. The van der Waals surface area contributed by atoms with E-state index in [9.17, 15) is 18.0 Å². The first-order chi connectivity index (χ1) is 21.5. The Hall–Kier alpha value is -3.56. The van der Waals surface area contributed by atoms with Crippen LogP contribution in [-0.4, -0.2) is 44.3 Å². The minimum Gasteiger partial charge on any atom is -0.354 e. The van der Waals surface area contributed by atoms with Crippen LogP contribution >= 0.6 is 34.8 Å². The van der Waals surface area contributed by atoms with E-state index >= 15 is 0 Å². The molecule has 1 atom stereocenters. The second-order valence-electron chi connectivity index (χ2n) is 10.9. The lowest BCUT2D eigenvalue weighted by Gasteiger charge is -2.34. The molecule has 0 aliphatic carbocycles. The summed E-state index contributed by atoms with van der Waals surface area (Å²) in [5.74, 6) is -0.811. The zero-order chi connectivity index (χ0) is 32.6. The summed E-state index contributed by atoms with van der Waals surface area (Å²) >= 11 is 19.0. The Morgan fingerprint density at radius 2 is 1.38 bits per heavy atom. The van der Waals surface area contributed by atoms with Gasteiger partial charge in [-0.2, -0.15) is 0 Å². The molecule has 0 radical (unpaired) electrons. The van der Waals surface area contributed by atoms with Gasteiger partial charge in [0.2, 0.25) is 11.8 Å². The minimum atomic E-state index is -4.25. The van der Waals surface area contributed by atoms with Crippen molar-refractivity contribution in [1.82, 2.24) is 10.2 Å². The number of sulfonamides is 1. The third-order valence-electron chi connectivity index (χ3n) is 7.02. The van der Waals surface area contributed by atoms with E-state index in [1.54, 1.807) is 54.6 Å². The maximum Gasteiger partial charge on any atom is 0.264 e. The Bertz CT molecular complexity index is 1720. The summed E-state index contributed by atoms with van der Waals surface area (Å²) in [6.45, 7) is 3.68. The van der Waals surface area contributed by atoms with E-state index in [1.807, 2.05) is 44.2 Å². The largest absolute Gasteiger partial charge is 0.354 e. The maximum absolute atomic E-state index is 14.5. The molecule has 4 rings (SSSR count). The Morgan fingerprint density at radius 3 is 2.00 bits per heavy atom. The average Bonchev–Trinajstić information content (AvgIpc) is 3.03. The molecule has 0 aliphatic rings. The summed E-state index contributed by atoms with van der Waals surface area (Å²) in [5, 5.41) is 3.74. The third-order valence-corrected chi connectivity index (χ3v) is 9.86. The van der Waals surface area contributed by atoms with Gasteiger partial charge < -0.3 is 10.2 Å². The van der Waals surface area contributed by atoms with Crippen molar-refractivity contribution in [1.29, 1.82) is 0 Å². The van der Waals surface area contributed by atoms with Gasteiger partial charge in [-0.05, 0) is 53.4 Å². The van der Waals surface area contributed by atoms with Gasteiger partial charge in [0, 0.05) is 19.5 Å². The number of anilines is 1. The first-order valence-electron chi connectivity index (χ1n) is 14.3. The van der Waals surface area contributed by atoms with Crippen molar-refractivity contribution in [3.05, 3.63) is 129 Å². The smallest absolute Gasteiger partial charge is 0.264 e. The van der Waals surface area contributed by atoms with E-state index in [1.165, 1.54) is 23.1 Å². The summed E-state index contributed by atoms with van der Waals surface area (Å²) in [7, 11) is -4.25. The zero-order valence-corrected chi connectivity index (χ0v) is 28.0. The Balaban J connectivity index is 1.81. The number of nitrogens with one attached hydrogen (secondary N) is 1. The molecule has 45 heavy (non-hydrogen) atoms. The van der Waals surface area contributed by atoms with Gasteiger partial charge in [-0.25, -0.2) is 8.42 Å². The number of hydrogen-bond acceptors (Lipinski definition) is 4. The molecule has 0 aliphatic heterocycles. The van der Waals surface area contributed by atoms with Crippen LogP contribution in [0.1, 0.15) is 25.0 Å². The van der Waals surface area contributed by atoms with Gasteiger partial charge in [-0.15, -0.1) is 0 Å². The Kier molecular flexibility index (Phi) is 11.9. The van der Waals surface area contributed by atoms with Gasteiger partial charge in [0.15, 0.2) is 0 Å². The van der Waals surface area contributed by atoms with Crippen LogP contribution in [0.4, 0.5) is 5.69 Å². The lowest BCUT2D eigenvalue weighted by molar-refractivity contribution is -0.140. The van der Waals surface area contributed by atoms with Gasteiger partial charge in [-0.1, -0.05) is 115 Å². The lowest BCUT2D eigenvalue weighted by atomic mass is 10.0. The van der Waals surface area contributed by atoms with Crippen molar-refractivity contribution in [2.75, 3.05) is 17.4 Å². The first kappa shape index (κ1) is 34.3. The molecule has 4 aromatic carbocycles. The number of amides is 2. The quantitative estimate of drug-likeness (QED) is 0.161. The number of carbonyl (C=O) groups excluding carboxylic acids is 2. The topological polar surface area (TPSA) is 86.8 Å². The fourth-order valence-corrected chi connectivity index (χ4v) is 6.76. The van der Waals surface area contributed by atoms with E-state index < -0.39 is 28.5 Å². The van der Waals surface area contributed by atoms with Crippen molar-refractivity contribution >= 4 is 62.3 Å². The zero-order valence-electron chi connectivity index (χ0n) is 24.9. The molecule has 0 aromatic heterocycles. The number of nitrogens with zero attached hydrogens (tertiary/aromatic N) is 2. The van der Waals surface area contributed by atoms with Crippen LogP contribution in [0.5, 0.6) is 0 Å². The molecule has 1 N–H and O–H groups in total. The van der Waals surface area contributed by atoms with Crippen LogP contribution in [0.3, 0.4) is 0 Å². The number of benzene rings is 4. The average molecular weight is 687 g/mol. The molecule has 0 bridgehead atoms. The highest BCUT2D eigenvalue weighted by molar-refractivity contribution is 7.92. The van der Waals surface area contributed by atoms with E-state index in [4.69, 9.17) is 34.8 Å². The SMILES string of the molecule is CC(C)CNC(=O)[C@@H](Cc1ccccc1)N(Cc1ccc(Cl)c(Cl)c1)C(=O)CN(c1ccccc1Cl)S(=O)(=O)c1ccccc1. The maximum atomic E-state index is 14.5. The molecule has 7 nitrogen and oxygen atoms in total. The van der Waals surface area contributed by atoms with Gasteiger partial charge in [0.05, 0.1) is 25.7 Å². The fraction of sp³-hybridized carbons (Fsp3) is 0.235. The Labute approximate surface area is 279 Å². The van der Waals surface area contributed by atoms with Gasteiger partial charge in [0.1, 0.15) is 12.6 Å². The summed E-state index contributed by atoms with van der Waals surface area (Å²) in [6, 6.07) is 27.5. The molecule has 236 valence electrons. The highest BCUT2D eigenvalue weighted by Crippen LogP contribution is 2.31. The van der Waals surface area contributed by atoms with Crippen LogP contribution in [0.25, 0.3) is 0 Å². The fourth-order valence-electron chi connectivity index (χ4n) is 4.70.